The van der Waals surface area contributed by atoms with E-state index in [0.717, 1.165) is 25.7 Å². The average Bonchev–Trinajstić information content (AvgIpc) is 2.61. The Morgan fingerprint density at radius 3 is 2.17 bits per heavy atom. The molecule has 0 amide bonds. The minimum atomic E-state index is -0.0362. The van der Waals surface area contributed by atoms with Crippen molar-refractivity contribution in [1.29, 1.82) is 0 Å². The molecule has 136 valence electrons. The van der Waals surface area contributed by atoms with E-state index in [9.17, 15) is 4.79 Å². The third kappa shape index (κ3) is 9.75. The van der Waals surface area contributed by atoms with Crippen LogP contribution in [0.15, 0.2) is 30.3 Å². The molecule has 1 atom stereocenters. The fraction of sp³-hybridized carbons (Fsp3) is 0.682. The van der Waals surface area contributed by atoms with Crippen molar-refractivity contribution in [3.05, 3.63) is 35.9 Å². The van der Waals surface area contributed by atoms with E-state index >= 15 is 0 Å². The molecule has 0 aliphatic carbocycles. The average molecular weight is 333 g/mol. The molecular formula is C22H36O2. The summed E-state index contributed by atoms with van der Waals surface area (Å²) in [5.41, 5.74) is 1.26. The maximum absolute atomic E-state index is 12.1. The number of unbranched alkanes of at least 4 members (excludes halogenated alkanes) is 7. The summed E-state index contributed by atoms with van der Waals surface area (Å²) in [5.74, 6) is 0.263. The highest BCUT2D eigenvalue weighted by Crippen LogP contribution is 2.26. The van der Waals surface area contributed by atoms with Crippen molar-refractivity contribution in [1.82, 2.24) is 0 Å². The van der Waals surface area contributed by atoms with E-state index in [1.54, 1.807) is 0 Å². The summed E-state index contributed by atoms with van der Waals surface area (Å²) in [5, 5.41) is 0. The second kappa shape index (κ2) is 14.1. The molecular weight excluding hydrogens is 296 g/mol. The Labute approximate surface area is 149 Å². The number of hydrogen-bond acceptors (Lipinski definition) is 2. The zero-order chi connectivity index (χ0) is 17.5. The van der Waals surface area contributed by atoms with Gasteiger partial charge >= 0.3 is 5.97 Å². The fourth-order valence-electron chi connectivity index (χ4n) is 3.07. The first kappa shape index (κ1) is 20.7. The second-order valence-corrected chi connectivity index (χ2v) is 6.80. The van der Waals surface area contributed by atoms with Crippen LogP contribution < -0.4 is 0 Å². The monoisotopic (exact) mass is 332 g/mol. The molecule has 0 fully saturated rings. The van der Waals surface area contributed by atoms with Gasteiger partial charge in [0.2, 0.25) is 0 Å². The molecule has 0 saturated carbocycles. The summed E-state index contributed by atoms with van der Waals surface area (Å²) < 4.78 is 5.46. The fourth-order valence-corrected chi connectivity index (χ4v) is 3.07. The number of hydrogen-bond donors (Lipinski definition) is 0. The van der Waals surface area contributed by atoms with Crippen LogP contribution in [0.5, 0.6) is 0 Å². The summed E-state index contributed by atoms with van der Waals surface area (Å²) in [4.78, 5) is 12.1. The van der Waals surface area contributed by atoms with Crippen LogP contribution in [-0.2, 0) is 9.53 Å². The molecule has 0 heterocycles. The zero-order valence-electron chi connectivity index (χ0n) is 15.8. The van der Waals surface area contributed by atoms with Crippen LogP contribution in [0.1, 0.15) is 96.0 Å². The Morgan fingerprint density at radius 2 is 1.50 bits per heavy atom. The van der Waals surface area contributed by atoms with Crippen LogP contribution in [0.4, 0.5) is 0 Å². The lowest BCUT2D eigenvalue weighted by Crippen LogP contribution is -2.11. The molecule has 0 aromatic heterocycles. The minimum absolute atomic E-state index is 0.0362. The number of rotatable bonds is 14. The number of carbonyl (C=O) groups is 1. The van der Waals surface area contributed by atoms with Gasteiger partial charge in [-0.15, -0.1) is 0 Å². The molecule has 1 unspecified atom stereocenters. The predicted molar refractivity (Wildman–Crippen MR) is 102 cm³/mol. The summed E-state index contributed by atoms with van der Waals surface area (Å²) in [6.07, 6.45) is 12.6. The first-order chi connectivity index (χ1) is 11.8. The zero-order valence-corrected chi connectivity index (χ0v) is 15.8. The summed E-state index contributed by atoms with van der Waals surface area (Å²) in [7, 11) is 0. The van der Waals surface area contributed by atoms with Crippen molar-refractivity contribution in [2.45, 2.75) is 90.4 Å². The van der Waals surface area contributed by atoms with Crippen LogP contribution >= 0.6 is 0 Å². The molecule has 0 aliphatic heterocycles. The van der Waals surface area contributed by atoms with E-state index in [1.165, 1.54) is 44.1 Å². The first-order valence-electron chi connectivity index (χ1n) is 9.98. The maximum atomic E-state index is 12.1. The van der Waals surface area contributed by atoms with Crippen molar-refractivity contribution in [2.75, 3.05) is 6.61 Å². The summed E-state index contributed by atoms with van der Waals surface area (Å²) in [6.45, 7) is 5.02. The third-order valence-electron chi connectivity index (χ3n) is 4.60. The Balaban J connectivity index is 2.22. The Kier molecular flexibility index (Phi) is 12.2. The maximum Gasteiger partial charge on any atom is 0.306 e. The normalized spacial score (nSPS) is 12.1. The van der Waals surface area contributed by atoms with Gasteiger partial charge in [-0.2, -0.15) is 0 Å². The molecule has 2 nitrogen and oxygen atoms in total. The van der Waals surface area contributed by atoms with Gasteiger partial charge in [-0.3, -0.25) is 4.79 Å². The Morgan fingerprint density at radius 1 is 0.875 bits per heavy atom. The lowest BCUT2D eigenvalue weighted by atomic mass is 9.91. The van der Waals surface area contributed by atoms with Crippen LogP contribution in [0.2, 0.25) is 0 Å². The minimum Gasteiger partial charge on any atom is -0.466 e. The Bertz CT molecular complexity index is 413. The number of carbonyl (C=O) groups excluding carboxylic acids is 1. The van der Waals surface area contributed by atoms with Gasteiger partial charge in [-0.1, -0.05) is 95.5 Å². The van der Waals surface area contributed by atoms with Crippen LogP contribution in [-0.4, -0.2) is 12.6 Å². The van der Waals surface area contributed by atoms with Gasteiger partial charge in [-0.25, -0.2) is 0 Å². The van der Waals surface area contributed by atoms with Gasteiger partial charge in [0.15, 0.2) is 0 Å². The van der Waals surface area contributed by atoms with Crippen LogP contribution in [0, 0.1) is 0 Å². The highest BCUT2D eigenvalue weighted by atomic mass is 16.5. The molecule has 0 aliphatic rings. The van der Waals surface area contributed by atoms with Crippen molar-refractivity contribution < 1.29 is 9.53 Å². The van der Waals surface area contributed by atoms with Crippen molar-refractivity contribution in [3.63, 3.8) is 0 Å². The molecule has 0 radical (unpaired) electrons. The topological polar surface area (TPSA) is 26.3 Å². The van der Waals surface area contributed by atoms with Crippen LogP contribution in [0.3, 0.4) is 0 Å². The van der Waals surface area contributed by atoms with E-state index in [-0.39, 0.29) is 5.97 Å². The lowest BCUT2D eigenvalue weighted by Gasteiger charge is -2.16. The summed E-state index contributed by atoms with van der Waals surface area (Å²) >= 11 is 0. The Hall–Kier alpha value is -1.31. The molecule has 1 rings (SSSR count). The van der Waals surface area contributed by atoms with Crippen LogP contribution in [0.25, 0.3) is 0 Å². The molecule has 0 N–H and O–H groups in total. The van der Waals surface area contributed by atoms with E-state index < -0.39 is 0 Å². The number of ether oxygens (including phenoxy) is 1. The highest BCUT2D eigenvalue weighted by molar-refractivity contribution is 5.70. The van der Waals surface area contributed by atoms with Gasteiger partial charge in [-0.05, 0) is 24.3 Å². The smallest absolute Gasteiger partial charge is 0.306 e. The highest BCUT2D eigenvalue weighted by Gasteiger charge is 2.16. The molecule has 24 heavy (non-hydrogen) atoms. The number of benzene rings is 1. The molecule has 1 aromatic carbocycles. The molecule has 1 aromatic rings. The van der Waals surface area contributed by atoms with Gasteiger partial charge in [0.25, 0.3) is 0 Å². The molecule has 0 spiro atoms. The number of esters is 1. The van der Waals surface area contributed by atoms with Gasteiger partial charge < -0.3 is 4.74 Å². The largest absolute Gasteiger partial charge is 0.466 e. The van der Waals surface area contributed by atoms with E-state index in [1.807, 2.05) is 6.07 Å². The van der Waals surface area contributed by atoms with Crippen molar-refractivity contribution in [2.24, 2.45) is 0 Å². The summed E-state index contributed by atoms with van der Waals surface area (Å²) in [6, 6.07) is 10.4. The van der Waals surface area contributed by atoms with Gasteiger partial charge in [0, 0.05) is 0 Å². The van der Waals surface area contributed by atoms with Crippen molar-refractivity contribution >= 4 is 5.97 Å². The third-order valence-corrected chi connectivity index (χ3v) is 4.60. The predicted octanol–water partition coefficient (Wildman–Crippen LogP) is 6.64. The SMILES string of the molecule is CCCCCCCCCOC(=O)CC(CCCC)c1ccccc1. The molecule has 2 heteroatoms. The second-order valence-electron chi connectivity index (χ2n) is 6.80. The van der Waals surface area contributed by atoms with E-state index in [0.29, 0.717) is 18.9 Å². The molecule has 0 saturated heterocycles. The standard InChI is InChI=1S/C22H36O2/c1-3-5-7-8-9-10-14-18-24-22(23)19-21(15-6-4-2)20-16-12-11-13-17-20/h11-13,16-17,21H,3-10,14-15,18-19H2,1-2H3. The first-order valence-corrected chi connectivity index (χ1v) is 9.98. The van der Waals surface area contributed by atoms with Gasteiger partial charge in [0.1, 0.15) is 0 Å². The lowest BCUT2D eigenvalue weighted by molar-refractivity contribution is -0.144. The van der Waals surface area contributed by atoms with Gasteiger partial charge in [0.05, 0.1) is 13.0 Å². The van der Waals surface area contributed by atoms with E-state index in [2.05, 4.69) is 38.1 Å². The van der Waals surface area contributed by atoms with Crippen molar-refractivity contribution in [3.8, 4) is 0 Å². The van der Waals surface area contributed by atoms with E-state index in [4.69, 9.17) is 4.74 Å². The molecule has 0 bridgehead atoms. The quantitative estimate of drug-likeness (QED) is 0.282.